The molecule has 100 valence electrons. The van der Waals surface area contributed by atoms with Crippen molar-refractivity contribution in [2.75, 3.05) is 11.9 Å². The third-order valence-corrected chi connectivity index (χ3v) is 2.28. The molecule has 0 aromatic carbocycles. The molecule has 0 spiro atoms. The average molecular weight is 256 g/mol. The van der Waals surface area contributed by atoms with Crippen LogP contribution in [0.25, 0.3) is 0 Å². The number of carboxylic acids is 1. The van der Waals surface area contributed by atoms with Crippen LogP contribution in [0.1, 0.15) is 12.1 Å². The molecule has 2 amide bonds. The molecule has 1 rings (SSSR count). The van der Waals surface area contributed by atoms with Gasteiger partial charge in [0.1, 0.15) is 6.04 Å². The molecule has 1 aromatic rings. The molecule has 1 heterocycles. The van der Waals surface area contributed by atoms with E-state index in [-0.39, 0.29) is 13.0 Å². The number of aromatic nitrogens is 2. The second-order valence-corrected chi connectivity index (χ2v) is 3.80. The van der Waals surface area contributed by atoms with Crippen molar-refractivity contribution in [2.24, 2.45) is 7.05 Å². The van der Waals surface area contributed by atoms with Crippen molar-refractivity contribution in [1.82, 2.24) is 15.1 Å². The van der Waals surface area contributed by atoms with E-state index in [1.54, 1.807) is 20.2 Å². The molecule has 0 aliphatic carbocycles. The number of aliphatic hydroxyl groups excluding tert-OH is 1. The first kappa shape index (κ1) is 14.0. The largest absolute Gasteiger partial charge is 0.480 e. The van der Waals surface area contributed by atoms with E-state index in [4.69, 9.17) is 10.2 Å². The van der Waals surface area contributed by atoms with E-state index in [0.29, 0.717) is 11.4 Å². The van der Waals surface area contributed by atoms with Crippen LogP contribution in [0.4, 0.5) is 10.5 Å². The van der Waals surface area contributed by atoms with Gasteiger partial charge in [0, 0.05) is 26.3 Å². The summed E-state index contributed by atoms with van der Waals surface area (Å²) in [5, 5.41) is 26.3. The molecule has 1 atom stereocenters. The van der Waals surface area contributed by atoms with Crippen LogP contribution in [0.2, 0.25) is 0 Å². The predicted molar refractivity (Wildman–Crippen MR) is 63.2 cm³/mol. The number of carboxylic acid groups (broad SMARTS) is 1. The number of anilines is 1. The van der Waals surface area contributed by atoms with Crippen LogP contribution in [0, 0.1) is 6.92 Å². The summed E-state index contributed by atoms with van der Waals surface area (Å²) in [4.78, 5) is 22.3. The zero-order chi connectivity index (χ0) is 13.7. The van der Waals surface area contributed by atoms with E-state index in [1.165, 1.54) is 4.68 Å². The van der Waals surface area contributed by atoms with Gasteiger partial charge in [-0.2, -0.15) is 5.10 Å². The molecule has 0 aliphatic heterocycles. The summed E-state index contributed by atoms with van der Waals surface area (Å²) in [7, 11) is 1.71. The third kappa shape index (κ3) is 3.74. The number of urea groups is 1. The highest BCUT2D eigenvalue weighted by molar-refractivity contribution is 5.92. The highest BCUT2D eigenvalue weighted by Gasteiger charge is 2.19. The van der Waals surface area contributed by atoms with E-state index in [2.05, 4.69) is 15.7 Å². The van der Waals surface area contributed by atoms with Gasteiger partial charge in [-0.25, -0.2) is 9.59 Å². The maximum atomic E-state index is 11.6. The standard InChI is InChI=1S/C10H16N4O4/c1-6-8(5-14(2)13-6)12-10(18)11-7(3-4-15)9(16)17/h5,7,15H,3-4H2,1-2H3,(H,16,17)(H2,11,12,18). The van der Waals surface area contributed by atoms with E-state index < -0.39 is 18.0 Å². The van der Waals surface area contributed by atoms with Gasteiger partial charge in [-0.1, -0.05) is 0 Å². The molecule has 0 aliphatic rings. The molecule has 8 heteroatoms. The Bertz CT molecular complexity index is 443. The van der Waals surface area contributed by atoms with E-state index in [0.717, 1.165) is 0 Å². The van der Waals surface area contributed by atoms with Crippen LogP contribution >= 0.6 is 0 Å². The zero-order valence-electron chi connectivity index (χ0n) is 10.2. The Balaban J connectivity index is 2.60. The smallest absolute Gasteiger partial charge is 0.326 e. The van der Waals surface area contributed by atoms with Gasteiger partial charge in [0.05, 0.1) is 11.4 Å². The molecule has 18 heavy (non-hydrogen) atoms. The minimum atomic E-state index is -1.19. The topological polar surface area (TPSA) is 116 Å². The molecule has 1 aromatic heterocycles. The van der Waals surface area contributed by atoms with Gasteiger partial charge in [0.2, 0.25) is 0 Å². The number of aliphatic carboxylic acids is 1. The van der Waals surface area contributed by atoms with Crippen molar-refractivity contribution in [3.63, 3.8) is 0 Å². The molecular formula is C10H16N4O4. The first-order chi connectivity index (χ1) is 8.43. The number of rotatable bonds is 5. The molecule has 0 saturated carbocycles. The van der Waals surface area contributed by atoms with Gasteiger partial charge in [0.15, 0.2) is 0 Å². The van der Waals surface area contributed by atoms with E-state index in [1.807, 2.05) is 0 Å². The van der Waals surface area contributed by atoms with Crippen molar-refractivity contribution in [3.8, 4) is 0 Å². The molecule has 4 N–H and O–H groups in total. The van der Waals surface area contributed by atoms with Gasteiger partial charge in [-0.15, -0.1) is 0 Å². The molecule has 0 saturated heterocycles. The van der Waals surface area contributed by atoms with Gasteiger partial charge < -0.3 is 20.8 Å². The van der Waals surface area contributed by atoms with Crippen molar-refractivity contribution in [1.29, 1.82) is 0 Å². The van der Waals surface area contributed by atoms with Gasteiger partial charge in [-0.3, -0.25) is 4.68 Å². The summed E-state index contributed by atoms with van der Waals surface area (Å²) >= 11 is 0. The minimum Gasteiger partial charge on any atom is -0.480 e. The maximum absolute atomic E-state index is 11.6. The number of nitrogens with one attached hydrogen (secondary N) is 2. The fourth-order valence-electron chi connectivity index (χ4n) is 1.43. The first-order valence-electron chi connectivity index (χ1n) is 5.35. The lowest BCUT2D eigenvalue weighted by atomic mass is 10.2. The Morgan fingerprint density at radius 2 is 2.22 bits per heavy atom. The third-order valence-electron chi connectivity index (χ3n) is 2.28. The van der Waals surface area contributed by atoms with Crippen LogP contribution in [-0.4, -0.2) is 44.6 Å². The Labute approximate surface area is 104 Å². The number of carbonyl (C=O) groups excluding carboxylic acids is 1. The Morgan fingerprint density at radius 1 is 1.56 bits per heavy atom. The predicted octanol–water partition coefficient (Wildman–Crippen LogP) is -0.314. The maximum Gasteiger partial charge on any atom is 0.326 e. The molecule has 0 fully saturated rings. The van der Waals surface area contributed by atoms with Gasteiger partial charge in [0.25, 0.3) is 0 Å². The number of carbonyl (C=O) groups is 2. The number of hydrogen-bond donors (Lipinski definition) is 4. The molecule has 0 radical (unpaired) electrons. The van der Waals surface area contributed by atoms with Crippen LogP contribution in [0.15, 0.2) is 6.20 Å². The second-order valence-electron chi connectivity index (χ2n) is 3.80. The summed E-state index contributed by atoms with van der Waals surface area (Å²) in [6.07, 6.45) is 1.56. The van der Waals surface area contributed by atoms with Crippen LogP contribution < -0.4 is 10.6 Å². The van der Waals surface area contributed by atoms with Crippen LogP contribution in [0.3, 0.4) is 0 Å². The monoisotopic (exact) mass is 256 g/mol. The lowest BCUT2D eigenvalue weighted by Crippen LogP contribution is -2.43. The normalized spacial score (nSPS) is 11.9. The fraction of sp³-hybridized carbons (Fsp3) is 0.500. The fourth-order valence-corrected chi connectivity index (χ4v) is 1.43. The summed E-state index contributed by atoms with van der Waals surface area (Å²) in [5.41, 5.74) is 1.13. The molecule has 0 bridgehead atoms. The van der Waals surface area contributed by atoms with E-state index >= 15 is 0 Å². The highest BCUT2D eigenvalue weighted by atomic mass is 16.4. The SMILES string of the molecule is Cc1nn(C)cc1NC(=O)NC(CCO)C(=O)O. The zero-order valence-corrected chi connectivity index (χ0v) is 10.2. The van der Waals surface area contributed by atoms with Crippen LogP contribution in [0.5, 0.6) is 0 Å². The Hall–Kier alpha value is -2.09. The van der Waals surface area contributed by atoms with Crippen molar-refractivity contribution < 1.29 is 19.8 Å². The molecular weight excluding hydrogens is 240 g/mol. The quantitative estimate of drug-likeness (QED) is 0.576. The summed E-state index contributed by atoms with van der Waals surface area (Å²) in [6.45, 7) is 1.40. The van der Waals surface area contributed by atoms with Gasteiger partial charge >= 0.3 is 12.0 Å². The van der Waals surface area contributed by atoms with Gasteiger partial charge in [-0.05, 0) is 6.92 Å². The van der Waals surface area contributed by atoms with Crippen molar-refractivity contribution >= 4 is 17.7 Å². The summed E-state index contributed by atoms with van der Waals surface area (Å²) in [6, 6.07) is -1.76. The number of hydrogen-bond acceptors (Lipinski definition) is 4. The molecule has 1 unspecified atom stereocenters. The number of aliphatic hydroxyl groups is 1. The number of amides is 2. The number of aryl methyl sites for hydroxylation is 2. The molecule has 8 nitrogen and oxygen atoms in total. The highest BCUT2D eigenvalue weighted by Crippen LogP contribution is 2.10. The summed E-state index contributed by atoms with van der Waals surface area (Å²) in [5.74, 6) is -1.19. The average Bonchev–Trinajstić information content (AvgIpc) is 2.56. The Kier molecular flexibility index (Phi) is 4.67. The lowest BCUT2D eigenvalue weighted by molar-refractivity contribution is -0.139. The van der Waals surface area contributed by atoms with E-state index in [9.17, 15) is 9.59 Å². The number of nitrogens with zero attached hydrogens (tertiary/aromatic N) is 2. The summed E-state index contributed by atoms with van der Waals surface area (Å²) < 4.78 is 1.54. The lowest BCUT2D eigenvalue weighted by Gasteiger charge is -2.13. The van der Waals surface area contributed by atoms with Crippen molar-refractivity contribution in [2.45, 2.75) is 19.4 Å². The van der Waals surface area contributed by atoms with Crippen molar-refractivity contribution in [3.05, 3.63) is 11.9 Å². The van der Waals surface area contributed by atoms with Crippen LogP contribution in [-0.2, 0) is 11.8 Å². The second kappa shape index (κ2) is 6.01. The first-order valence-corrected chi connectivity index (χ1v) is 5.35. The minimum absolute atomic E-state index is 0.0469. The Morgan fingerprint density at radius 3 is 2.67 bits per heavy atom.